The monoisotopic (exact) mass is 398 g/mol. The van der Waals surface area contributed by atoms with Crippen LogP contribution in [0.25, 0.3) is 11.3 Å². The Balaban J connectivity index is 1.35. The van der Waals surface area contributed by atoms with Gasteiger partial charge in [0.25, 0.3) is 0 Å². The quantitative estimate of drug-likeness (QED) is 0.581. The number of aryl methyl sites for hydroxylation is 2. The minimum atomic E-state index is 0.0539. The van der Waals surface area contributed by atoms with Gasteiger partial charge < -0.3 is 9.84 Å². The summed E-state index contributed by atoms with van der Waals surface area (Å²) >= 11 is 1.66. The summed E-state index contributed by atoms with van der Waals surface area (Å²) in [5, 5.41) is 10.0. The minimum Gasteiger partial charge on any atom is -0.356 e. The van der Waals surface area contributed by atoms with Crippen molar-refractivity contribution in [2.75, 3.05) is 6.54 Å². The van der Waals surface area contributed by atoms with Crippen molar-refractivity contribution in [3.8, 4) is 11.3 Å². The van der Waals surface area contributed by atoms with Gasteiger partial charge in [0.2, 0.25) is 11.8 Å². The van der Waals surface area contributed by atoms with Crippen molar-refractivity contribution >= 4 is 17.2 Å². The second-order valence-corrected chi connectivity index (χ2v) is 8.17. The highest BCUT2D eigenvalue weighted by molar-refractivity contribution is 7.09. The topological polar surface area (TPSA) is 80.9 Å². The maximum absolute atomic E-state index is 12.0. The molecule has 0 aliphatic rings. The summed E-state index contributed by atoms with van der Waals surface area (Å²) in [5.41, 5.74) is 3.34. The molecule has 0 aliphatic carbocycles. The lowest BCUT2D eigenvalue weighted by Gasteiger charge is -2.06. The third-order valence-corrected chi connectivity index (χ3v) is 5.17. The largest absolute Gasteiger partial charge is 0.356 e. The average molecular weight is 399 g/mol. The zero-order chi connectivity index (χ0) is 19.9. The van der Waals surface area contributed by atoms with Crippen LogP contribution >= 0.6 is 11.3 Å². The van der Waals surface area contributed by atoms with Crippen molar-refractivity contribution < 1.29 is 9.32 Å². The van der Waals surface area contributed by atoms with E-state index in [0.29, 0.717) is 31.7 Å². The van der Waals surface area contributed by atoms with E-state index in [0.717, 1.165) is 28.5 Å². The molecular weight excluding hydrogens is 372 g/mol. The first-order valence-corrected chi connectivity index (χ1v) is 10.5. The lowest BCUT2D eigenvalue weighted by atomic mass is 10.1. The molecule has 0 unspecified atom stereocenters. The first kappa shape index (κ1) is 20.2. The predicted octanol–water partition coefficient (Wildman–Crippen LogP) is 4.31. The lowest BCUT2D eigenvalue weighted by molar-refractivity contribution is -0.121. The van der Waals surface area contributed by atoms with Gasteiger partial charge in [-0.25, -0.2) is 4.98 Å². The maximum atomic E-state index is 12.0. The van der Waals surface area contributed by atoms with Crippen LogP contribution in [0.3, 0.4) is 0 Å². The second kappa shape index (κ2) is 9.59. The highest BCUT2D eigenvalue weighted by Crippen LogP contribution is 2.21. The summed E-state index contributed by atoms with van der Waals surface area (Å²) < 4.78 is 5.19. The van der Waals surface area contributed by atoms with Gasteiger partial charge in [-0.15, -0.1) is 11.3 Å². The molecule has 0 fully saturated rings. The van der Waals surface area contributed by atoms with Crippen LogP contribution in [-0.2, 0) is 17.6 Å². The van der Waals surface area contributed by atoms with E-state index in [1.807, 2.05) is 20.8 Å². The van der Waals surface area contributed by atoms with E-state index in [1.54, 1.807) is 11.3 Å². The average Bonchev–Trinajstić information content (AvgIpc) is 3.32. The standard InChI is InChI=1S/C21H26N4O2S/c1-14(2)21-24-20(27-25-21)6-4-5-19(26)22-12-11-16-7-9-17(10-8-16)18-13-28-15(3)23-18/h7-10,13-14H,4-6,11-12H2,1-3H3,(H,22,26). The van der Waals surface area contributed by atoms with Crippen molar-refractivity contribution in [3.63, 3.8) is 0 Å². The van der Waals surface area contributed by atoms with Crippen LogP contribution in [-0.4, -0.2) is 27.6 Å². The van der Waals surface area contributed by atoms with Crippen molar-refractivity contribution in [2.45, 2.75) is 52.4 Å². The third-order valence-electron chi connectivity index (χ3n) is 4.40. The molecule has 2 heterocycles. The van der Waals surface area contributed by atoms with Gasteiger partial charge in [0.15, 0.2) is 5.82 Å². The number of nitrogens with zero attached hydrogens (tertiary/aromatic N) is 3. The van der Waals surface area contributed by atoms with E-state index in [1.165, 1.54) is 5.56 Å². The molecule has 1 amide bonds. The predicted molar refractivity (Wildman–Crippen MR) is 110 cm³/mol. The normalized spacial score (nSPS) is 11.1. The Labute approximate surface area is 169 Å². The second-order valence-electron chi connectivity index (χ2n) is 7.10. The highest BCUT2D eigenvalue weighted by Gasteiger charge is 2.10. The zero-order valence-corrected chi connectivity index (χ0v) is 17.4. The third kappa shape index (κ3) is 5.73. The van der Waals surface area contributed by atoms with Crippen molar-refractivity contribution in [2.24, 2.45) is 0 Å². The summed E-state index contributed by atoms with van der Waals surface area (Å²) in [6.45, 7) is 6.69. The van der Waals surface area contributed by atoms with Gasteiger partial charge in [-0.3, -0.25) is 4.79 Å². The summed E-state index contributed by atoms with van der Waals surface area (Å²) in [6, 6.07) is 8.36. The molecule has 148 valence electrons. The van der Waals surface area contributed by atoms with Crippen molar-refractivity contribution in [1.29, 1.82) is 0 Å². The molecule has 0 aliphatic heterocycles. The number of rotatable bonds is 9. The molecule has 1 N–H and O–H groups in total. The van der Waals surface area contributed by atoms with Crippen LogP contribution in [0, 0.1) is 6.92 Å². The number of hydrogen-bond donors (Lipinski definition) is 1. The van der Waals surface area contributed by atoms with Crippen LogP contribution in [0.1, 0.15) is 54.9 Å². The molecule has 6 nitrogen and oxygen atoms in total. The molecule has 0 spiro atoms. The Morgan fingerprint density at radius 1 is 1.18 bits per heavy atom. The number of carbonyl (C=O) groups excluding carboxylic acids is 1. The van der Waals surface area contributed by atoms with E-state index < -0.39 is 0 Å². The molecule has 0 bridgehead atoms. The summed E-state index contributed by atoms with van der Waals surface area (Å²) in [6.07, 6.45) is 2.60. The van der Waals surface area contributed by atoms with Gasteiger partial charge in [0, 0.05) is 36.2 Å². The number of carbonyl (C=O) groups is 1. The zero-order valence-electron chi connectivity index (χ0n) is 16.6. The molecule has 2 aromatic heterocycles. The van der Waals surface area contributed by atoms with Crippen LogP contribution < -0.4 is 5.32 Å². The molecule has 0 saturated heterocycles. The van der Waals surface area contributed by atoms with Crippen LogP contribution in [0.15, 0.2) is 34.2 Å². The Kier molecular flexibility index (Phi) is 6.92. The van der Waals surface area contributed by atoms with Gasteiger partial charge in [0.05, 0.1) is 10.7 Å². The molecule has 28 heavy (non-hydrogen) atoms. The fraction of sp³-hybridized carbons (Fsp3) is 0.429. The molecule has 0 radical (unpaired) electrons. The number of hydrogen-bond acceptors (Lipinski definition) is 6. The molecule has 1 aromatic carbocycles. The van der Waals surface area contributed by atoms with Gasteiger partial charge in [-0.05, 0) is 25.3 Å². The van der Waals surface area contributed by atoms with Gasteiger partial charge in [-0.2, -0.15) is 4.98 Å². The van der Waals surface area contributed by atoms with Crippen LogP contribution in [0.2, 0.25) is 0 Å². The maximum Gasteiger partial charge on any atom is 0.226 e. The lowest BCUT2D eigenvalue weighted by Crippen LogP contribution is -2.25. The Hall–Kier alpha value is -2.54. The van der Waals surface area contributed by atoms with Gasteiger partial charge in [-0.1, -0.05) is 43.3 Å². The van der Waals surface area contributed by atoms with Gasteiger partial charge in [0.1, 0.15) is 0 Å². The number of nitrogens with one attached hydrogen (secondary N) is 1. The van der Waals surface area contributed by atoms with Crippen molar-refractivity contribution in [3.05, 3.63) is 51.9 Å². The first-order chi connectivity index (χ1) is 13.5. The van der Waals surface area contributed by atoms with Crippen LogP contribution in [0.4, 0.5) is 0 Å². The molecule has 7 heteroatoms. The molecular formula is C21H26N4O2S. The summed E-state index contributed by atoms with van der Waals surface area (Å²) in [4.78, 5) is 20.8. The minimum absolute atomic E-state index is 0.0539. The SMILES string of the molecule is Cc1nc(-c2ccc(CCNC(=O)CCCc3nc(C(C)C)no3)cc2)cs1. The molecule has 3 rings (SSSR count). The van der Waals surface area contributed by atoms with E-state index >= 15 is 0 Å². The Morgan fingerprint density at radius 3 is 2.61 bits per heavy atom. The van der Waals surface area contributed by atoms with Crippen LogP contribution in [0.5, 0.6) is 0 Å². The Bertz CT molecular complexity index is 899. The number of thiazole rings is 1. The fourth-order valence-electron chi connectivity index (χ4n) is 2.78. The molecule has 3 aromatic rings. The summed E-state index contributed by atoms with van der Waals surface area (Å²) in [5.74, 6) is 1.63. The fourth-order valence-corrected chi connectivity index (χ4v) is 3.40. The first-order valence-electron chi connectivity index (χ1n) is 9.62. The van der Waals surface area contributed by atoms with Crippen molar-refractivity contribution in [1.82, 2.24) is 20.4 Å². The number of benzene rings is 1. The van der Waals surface area contributed by atoms with E-state index in [-0.39, 0.29) is 11.8 Å². The molecule has 0 saturated carbocycles. The van der Waals surface area contributed by atoms with Gasteiger partial charge >= 0.3 is 0 Å². The van der Waals surface area contributed by atoms with E-state index in [4.69, 9.17) is 4.52 Å². The molecule has 0 atom stereocenters. The number of aromatic nitrogens is 3. The summed E-state index contributed by atoms with van der Waals surface area (Å²) in [7, 11) is 0. The van der Waals surface area contributed by atoms with E-state index in [9.17, 15) is 4.79 Å². The Morgan fingerprint density at radius 2 is 1.96 bits per heavy atom. The highest BCUT2D eigenvalue weighted by atomic mass is 32.1. The smallest absolute Gasteiger partial charge is 0.226 e. The van der Waals surface area contributed by atoms with E-state index in [2.05, 4.69) is 50.1 Å². The number of amides is 1.